The molecule has 0 spiro atoms. The van der Waals surface area contributed by atoms with Gasteiger partial charge in [-0.2, -0.15) is 0 Å². The van der Waals surface area contributed by atoms with E-state index in [2.05, 4.69) is 0 Å². The first-order chi connectivity index (χ1) is 9.61. The number of benzene rings is 2. The Morgan fingerprint density at radius 2 is 1.85 bits per heavy atom. The molecular weight excluding hydrogens is 290 g/mol. The van der Waals surface area contributed by atoms with Gasteiger partial charge in [-0.1, -0.05) is 29.8 Å². The third kappa shape index (κ3) is 3.69. The highest BCUT2D eigenvalue weighted by atomic mass is 35.5. The normalized spacial score (nSPS) is 12.2. The fourth-order valence-corrected chi connectivity index (χ4v) is 2.74. The van der Waals surface area contributed by atoms with Crippen molar-refractivity contribution in [2.45, 2.75) is 24.3 Å². The number of hydrogen-bond acceptors (Lipinski definition) is 3. The van der Waals surface area contributed by atoms with Gasteiger partial charge in [-0.3, -0.25) is 0 Å². The first kappa shape index (κ1) is 15.2. The molecule has 0 fully saturated rings. The van der Waals surface area contributed by atoms with Gasteiger partial charge in [-0.05, 0) is 43.9 Å². The number of rotatable bonds is 5. The van der Waals surface area contributed by atoms with Crippen molar-refractivity contribution in [2.75, 3.05) is 6.26 Å². The quantitative estimate of drug-likeness (QED) is 0.810. The zero-order valence-corrected chi connectivity index (χ0v) is 13.2. The minimum atomic E-state index is 0.0352. The molecule has 2 aromatic carbocycles. The second kappa shape index (κ2) is 7.02. The largest absolute Gasteiger partial charge is 0.456 e. The number of hydrogen-bond donors (Lipinski definition) is 1. The van der Waals surface area contributed by atoms with Crippen molar-refractivity contribution < 1.29 is 4.74 Å². The smallest absolute Gasteiger partial charge is 0.140 e. The number of para-hydroxylation sites is 1. The first-order valence-corrected chi connectivity index (χ1v) is 8.06. The van der Waals surface area contributed by atoms with Crippen molar-refractivity contribution in [1.82, 2.24) is 0 Å². The van der Waals surface area contributed by atoms with Crippen LogP contribution in [0.2, 0.25) is 5.02 Å². The number of halogens is 1. The molecule has 0 heterocycles. The van der Waals surface area contributed by atoms with Crippen LogP contribution in [0.3, 0.4) is 0 Å². The molecule has 2 rings (SSSR count). The van der Waals surface area contributed by atoms with Crippen LogP contribution < -0.4 is 10.5 Å². The van der Waals surface area contributed by atoms with Crippen LogP contribution in [0.1, 0.15) is 12.5 Å². The highest BCUT2D eigenvalue weighted by Gasteiger charge is 2.12. The molecule has 0 radical (unpaired) electrons. The summed E-state index contributed by atoms with van der Waals surface area (Å²) in [6.07, 6.45) is 2.72. The van der Waals surface area contributed by atoms with Crippen LogP contribution in [0, 0.1) is 0 Å². The van der Waals surface area contributed by atoms with Gasteiger partial charge >= 0.3 is 0 Å². The van der Waals surface area contributed by atoms with E-state index < -0.39 is 0 Å². The molecular formula is C16H18ClNOS. The van der Waals surface area contributed by atoms with E-state index in [-0.39, 0.29) is 6.04 Å². The third-order valence-corrected chi connectivity index (χ3v) is 4.02. The summed E-state index contributed by atoms with van der Waals surface area (Å²) in [6, 6.07) is 13.7. The van der Waals surface area contributed by atoms with E-state index in [0.29, 0.717) is 11.4 Å². The summed E-state index contributed by atoms with van der Waals surface area (Å²) in [4.78, 5) is 1.10. The second-order valence-corrected chi connectivity index (χ2v) is 5.91. The monoisotopic (exact) mass is 307 g/mol. The summed E-state index contributed by atoms with van der Waals surface area (Å²) in [6.45, 7) is 1.96. The first-order valence-electron chi connectivity index (χ1n) is 6.45. The van der Waals surface area contributed by atoms with Crippen LogP contribution in [0.15, 0.2) is 47.4 Å². The summed E-state index contributed by atoms with van der Waals surface area (Å²) < 4.78 is 6.05. The molecule has 1 unspecified atom stereocenters. The van der Waals surface area contributed by atoms with Crippen molar-refractivity contribution in [1.29, 1.82) is 0 Å². The average Bonchev–Trinajstić information content (AvgIpc) is 2.43. The Morgan fingerprint density at radius 1 is 1.15 bits per heavy atom. The Balaban J connectivity index is 2.35. The van der Waals surface area contributed by atoms with Crippen LogP contribution >= 0.6 is 23.4 Å². The van der Waals surface area contributed by atoms with E-state index in [9.17, 15) is 0 Å². The van der Waals surface area contributed by atoms with Crippen LogP contribution in [-0.2, 0) is 6.42 Å². The number of ether oxygens (including phenoxy) is 1. The minimum absolute atomic E-state index is 0.0352. The summed E-state index contributed by atoms with van der Waals surface area (Å²) in [5.41, 5.74) is 6.85. The topological polar surface area (TPSA) is 35.2 Å². The zero-order chi connectivity index (χ0) is 14.5. The molecule has 2 N–H and O–H groups in total. The Morgan fingerprint density at radius 3 is 2.55 bits per heavy atom. The Hall–Kier alpha value is -1.16. The van der Waals surface area contributed by atoms with E-state index in [1.807, 2.05) is 55.6 Å². The highest BCUT2D eigenvalue weighted by Crippen LogP contribution is 2.35. The molecule has 0 amide bonds. The Kier molecular flexibility index (Phi) is 5.35. The highest BCUT2D eigenvalue weighted by molar-refractivity contribution is 7.98. The fraction of sp³-hybridized carbons (Fsp3) is 0.250. The van der Waals surface area contributed by atoms with Gasteiger partial charge in [0, 0.05) is 21.5 Å². The summed E-state index contributed by atoms with van der Waals surface area (Å²) in [5.74, 6) is 1.62. The fourth-order valence-electron chi connectivity index (χ4n) is 1.98. The van der Waals surface area contributed by atoms with Crippen molar-refractivity contribution in [2.24, 2.45) is 5.73 Å². The van der Waals surface area contributed by atoms with Gasteiger partial charge in [-0.25, -0.2) is 0 Å². The molecule has 20 heavy (non-hydrogen) atoms. The van der Waals surface area contributed by atoms with Crippen LogP contribution in [0.4, 0.5) is 0 Å². The second-order valence-electron chi connectivity index (χ2n) is 4.65. The zero-order valence-electron chi connectivity index (χ0n) is 11.6. The molecule has 4 heteroatoms. The van der Waals surface area contributed by atoms with Gasteiger partial charge in [0.15, 0.2) is 0 Å². The predicted molar refractivity (Wildman–Crippen MR) is 87.1 cm³/mol. The van der Waals surface area contributed by atoms with Crippen molar-refractivity contribution in [3.8, 4) is 11.5 Å². The lowest BCUT2D eigenvalue weighted by atomic mass is 10.1. The van der Waals surface area contributed by atoms with E-state index in [4.69, 9.17) is 22.1 Å². The van der Waals surface area contributed by atoms with E-state index >= 15 is 0 Å². The maximum atomic E-state index is 6.27. The minimum Gasteiger partial charge on any atom is -0.456 e. The molecule has 0 aliphatic rings. The molecule has 0 aliphatic carbocycles. The third-order valence-electron chi connectivity index (χ3n) is 2.89. The lowest BCUT2D eigenvalue weighted by Gasteiger charge is -2.15. The van der Waals surface area contributed by atoms with E-state index in [0.717, 1.165) is 22.0 Å². The van der Waals surface area contributed by atoms with Gasteiger partial charge in [0.2, 0.25) is 0 Å². The molecule has 0 saturated carbocycles. The van der Waals surface area contributed by atoms with Gasteiger partial charge in [-0.15, -0.1) is 11.8 Å². The lowest BCUT2D eigenvalue weighted by molar-refractivity contribution is 0.463. The SMILES string of the molecule is CSc1ccccc1Oc1cccc(Cl)c1CC(C)N. The Bertz CT molecular complexity index is 586. The molecule has 0 saturated heterocycles. The molecule has 106 valence electrons. The van der Waals surface area contributed by atoms with E-state index in [1.165, 1.54) is 0 Å². The number of thioether (sulfide) groups is 1. The molecule has 0 aliphatic heterocycles. The lowest BCUT2D eigenvalue weighted by Crippen LogP contribution is -2.18. The van der Waals surface area contributed by atoms with Crippen LogP contribution in [0.25, 0.3) is 0 Å². The van der Waals surface area contributed by atoms with Gasteiger partial charge in [0.05, 0.1) is 0 Å². The molecule has 1 atom stereocenters. The predicted octanol–water partition coefficient (Wildman–Crippen LogP) is 4.74. The van der Waals surface area contributed by atoms with Crippen molar-refractivity contribution >= 4 is 23.4 Å². The summed E-state index contributed by atoms with van der Waals surface area (Å²) in [5, 5.41) is 0.696. The summed E-state index contributed by atoms with van der Waals surface area (Å²) >= 11 is 7.93. The standard InChI is InChI=1S/C16H18ClNOS/c1-11(18)10-12-13(17)6-5-8-14(12)19-15-7-3-4-9-16(15)20-2/h3-9,11H,10,18H2,1-2H3. The summed E-state index contributed by atoms with van der Waals surface area (Å²) in [7, 11) is 0. The molecule has 2 nitrogen and oxygen atoms in total. The van der Waals surface area contributed by atoms with Gasteiger partial charge in [0.25, 0.3) is 0 Å². The van der Waals surface area contributed by atoms with Gasteiger partial charge < -0.3 is 10.5 Å². The maximum Gasteiger partial charge on any atom is 0.140 e. The Labute approximate surface area is 129 Å². The van der Waals surface area contributed by atoms with Crippen molar-refractivity contribution in [3.63, 3.8) is 0 Å². The number of nitrogens with two attached hydrogens (primary N) is 1. The molecule has 0 bridgehead atoms. The van der Waals surface area contributed by atoms with Crippen LogP contribution in [0.5, 0.6) is 11.5 Å². The average molecular weight is 308 g/mol. The molecule has 0 aromatic heterocycles. The van der Waals surface area contributed by atoms with Gasteiger partial charge in [0.1, 0.15) is 11.5 Å². The van der Waals surface area contributed by atoms with Crippen molar-refractivity contribution in [3.05, 3.63) is 53.1 Å². The van der Waals surface area contributed by atoms with Crippen LogP contribution in [-0.4, -0.2) is 12.3 Å². The molecule has 2 aromatic rings. The van der Waals surface area contributed by atoms with E-state index in [1.54, 1.807) is 11.8 Å². The maximum absolute atomic E-state index is 6.27.